The lowest BCUT2D eigenvalue weighted by atomic mass is 10.1. The van der Waals surface area contributed by atoms with Crippen LogP contribution in [-0.2, 0) is 0 Å². The van der Waals surface area contributed by atoms with Crippen LogP contribution in [0.1, 0.15) is 25.8 Å². The van der Waals surface area contributed by atoms with Crippen molar-refractivity contribution < 1.29 is 14.7 Å². The van der Waals surface area contributed by atoms with Crippen LogP contribution in [0.25, 0.3) is 0 Å². The van der Waals surface area contributed by atoms with Gasteiger partial charge in [0.2, 0.25) is 0 Å². The summed E-state index contributed by atoms with van der Waals surface area (Å²) in [4.78, 5) is 24.9. The highest BCUT2D eigenvalue weighted by molar-refractivity contribution is 7.16. The third kappa shape index (κ3) is 1.29. The van der Waals surface area contributed by atoms with Crippen molar-refractivity contribution in [1.29, 1.82) is 0 Å². The molecule has 1 aliphatic heterocycles. The number of hydrogen-bond donors (Lipinski definition) is 1. The molecule has 0 amide bonds. The van der Waals surface area contributed by atoms with E-state index >= 15 is 0 Å². The van der Waals surface area contributed by atoms with E-state index < -0.39 is 5.97 Å². The number of hydrogen-bond acceptors (Lipinski definition) is 4. The highest BCUT2D eigenvalue weighted by Gasteiger charge is 2.25. The van der Waals surface area contributed by atoms with Gasteiger partial charge in [0.05, 0.1) is 10.6 Å². The van der Waals surface area contributed by atoms with E-state index in [2.05, 4.69) is 0 Å². The summed E-state index contributed by atoms with van der Waals surface area (Å²) >= 11 is 1.06. The summed E-state index contributed by atoms with van der Waals surface area (Å²) in [5, 5.41) is 8.79. The van der Waals surface area contributed by atoms with Gasteiger partial charge in [-0.2, -0.15) is 0 Å². The zero-order chi connectivity index (χ0) is 10.3. The number of fused-ring (bicyclic) bond motifs is 1. The predicted octanol–water partition coefficient (Wildman–Crippen LogP) is 1.47. The van der Waals surface area contributed by atoms with E-state index in [9.17, 15) is 9.59 Å². The molecule has 0 atom stereocenters. The van der Waals surface area contributed by atoms with Gasteiger partial charge in [0.25, 0.3) is 0 Å². The van der Waals surface area contributed by atoms with Crippen molar-refractivity contribution in [3.05, 3.63) is 15.8 Å². The van der Waals surface area contributed by atoms with Gasteiger partial charge in [-0.3, -0.25) is 4.79 Å². The first-order valence-electron chi connectivity index (χ1n) is 4.21. The summed E-state index contributed by atoms with van der Waals surface area (Å²) in [6.07, 6.45) is 0.475. The Balaban J connectivity index is 2.52. The lowest BCUT2D eigenvalue weighted by Gasteiger charge is -2.22. The SMILES string of the molecule is CN1CCC(=O)c2sc(C(=O)O)cc21. The maximum Gasteiger partial charge on any atom is 0.345 e. The van der Waals surface area contributed by atoms with Crippen LogP contribution in [0.2, 0.25) is 0 Å². The molecule has 1 aromatic heterocycles. The van der Waals surface area contributed by atoms with Crippen molar-refractivity contribution in [2.24, 2.45) is 0 Å². The molecule has 2 rings (SSSR count). The molecule has 1 aromatic rings. The number of Topliss-reactive ketones (excluding diaryl/α,β-unsaturated/α-hetero) is 1. The van der Waals surface area contributed by atoms with E-state index in [1.165, 1.54) is 0 Å². The second-order valence-electron chi connectivity index (χ2n) is 3.22. The van der Waals surface area contributed by atoms with Crippen molar-refractivity contribution in [3.63, 3.8) is 0 Å². The molecule has 0 saturated carbocycles. The fourth-order valence-corrected chi connectivity index (χ4v) is 2.49. The van der Waals surface area contributed by atoms with Gasteiger partial charge >= 0.3 is 5.97 Å². The van der Waals surface area contributed by atoms with Gasteiger partial charge < -0.3 is 10.0 Å². The number of nitrogens with zero attached hydrogens (tertiary/aromatic N) is 1. The largest absolute Gasteiger partial charge is 0.477 e. The van der Waals surface area contributed by atoms with Crippen LogP contribution in [-0.4, -0.2) is 30.5 Å². The van der Waals surface area contributed by atoms with E-state index in [0.717, 1.165) is 17.0 Å². The molecule has 1 aliphatic rings. The van der Waals surface area contributed by atoms with Crippen LogP contribution in [0, 0.1) is 0 Å². The average molecular weight is 211 g/mol. The first-order valence-corrected chi connectivity index (χ1v) is 5.02. The molecule has 0 radical (unpaired) electrons. The first kappa shape index (κ1) is 9.21. The van der Waals surface area contributed by atoms with Gasteiger partial charge in [0, 0.05) is 20.0 Å². The van der Waals surface area contributed by atoms with Crippen LogP contribution in [0.5, 0.6) is 0 Å². The molecule has 14 heavy (non-hydrogen) atoms. The van der Waals surface area contributed by atoms with E-state index in [-0.39, 0.29) is 10.7 Å². The Morgan fingerprint density at radius 3 is 2.93 bits per heavy atom. The first-order chi connectivity index (χ1) is 6.59. The quantitative estimate of drug-likeness (QED) is 0.764. The molecular weight excluding hydrogens is 202 g/mol. The summed E-state index contributed by atoms with van der Waals surface area (Å²) < 4.78 is 0. The molecule has 0 unspecified atom stereocenters. The Labute approximate surface area is 84.8 Å². The number of anilines is 1. The molecule has 0 fully saturated rings. The topological polar surface area (TPSA) is 57.6 Å². The normalized spacial score (nSPS) is 15.5. The molecule has 5 heteroatoms. The molecule has 0 saturated heterocycles. The third-order valence-corrected chi connectivity index (χ3v) is 3.42. The van der Waals surface area contributed by atoms with Crippen LogP contribution >= 0.6 is 11.3 Å². The zero-order valence-electron chi connectivity index (χ0n) is 7.61. The summed E-state index contributed by atoms with van der Waals surface area (Å²) in [5.41, 5.74) is 0.753. The van der Waals surface area contributed by atoms with Crippen molar-refractivity contribution in [2.45, 2.75) is 6.42 Å². The maximum absolute atomic E-state index is 11.5. The molecule has 0 spiro atoms. The average Bonchev–Trinajstić information content (AvgIpc) is 2.57. The number of aromatic carboxylic acids is 1. The van der Waals surface area contributed by atoms with Gasteiger partial charge in [-0.15, -0.1) is 11.3 Å². The summed E-state index contributed by atoms with van der Waals surface area (Å²) in [7, 11) is 1.86. The molecule has 2 heterocycles. The number of carbonyl (C=O) groups is 2. The zero-order valence-corrected chi connectivity index (χ0v) is 8.43. The fourth-order valence-electron chi connectivity index (χ4n) is 1.47. The second-order valence-corrected chi connectivity index (χ2v) is 4.28. The van der Waals surface area contributed by atoms with Crippen LogP contribution < -0.4 is 4.90 Å². The molecular formula is C9H9NO3S. The molecule has 1 N–H and O–H groups in total. The lowest BCUT2D eigenvalue weighted by Crippen LogP contribution is -2.26. The Morgan fingerprint density at radius 2 is 2.36 bits per heavy atom. The standard InChI is InChI=1S/C9H9NO3S/c1-10-3-2-6(11)8-5(10)4-7(14-8)9(12)13/h4H,2-3H2,1H3,(H,12,13). The molecule has 4 nitrogen and oxygen atoms in total. The van der Waals surface area contributed by atoms with Gasteiger partial charge in [0.1, 0.15) is 4.88 Å². The van der Waals surface area contributed by atoms with Crippen molar-refractivity contribution in [2.75, 3.05) is 18.5 Å². The predicted molar refractivity (Wildman–Crippen MR) is 53.5 cm³/mol. The van der Waals surface area contributed by atoms with Gasteiger partial charge in [-0.05, 0) is 6.07 Å². The van der Waals surface area contributed by atoms with E-state index in [0.29, 0.717) is 17.8 Å². The fraction of sp³-hybridized carbons (Fsp3) is 0.333. The van der Waals surface area contributed by atoms with E-state index in [4.69, 9.17) is 5.11 Å². The maximum atomic E-state index is 11.5. The summed E-state index contributed by atoms with van der Waals surface area (Å²) in [6.45, 7) is 0.668. The van der Waals surface area contributed by atoms with E-state index in [1.54, 1.807) is 6.07 Å². The van der Waals surface area contributed by atoms with Crippen LogP contribution in [0.15, 0.2) is 6.07 Å². The third-order valence-electron chi connectivity index (χ3n) is 2.26. The number of carbonyl (C=O) groups excluding carboxylic acids is 1. The van der Waals surface area contributed by atoms with Gasteiger partial charge in [-0.25, -0.2) is 4.79 Å². The van der Waals surface area contributed by atoms with Gasteiger partial charge in [-0.1, -0.05) is 0 Å². The molecule has 0 aliphatic carbocycles. The Morgan fingerprint density at radius 1 is 1.64 bits per heavy atom. The lowest BCUT2D eigenvalue weighted by molar-refractivity contribution is 0.0702. The summed E-state index contributed by atoms with van der Waals surface area (Å²) in [5.74, 6) is -0.916. The van der Waals surface area contributed by atoms with Gasteiger partial charge in [0.15, 0.2) is 5.78 Å². The van der Waals surface area contributed by atoms with E-state index in [1.807, 2.05) is 11.9 Å². The molecule has 0 aromatic carbocycles. The van der Waals surface area contributed by atoms with Crippen molar-refractivity contribution >= 4 is 28.8 Å². The monoisotopic (exact) mass is 211 g/mol. The number of thiophene rings is 1. The minimum Gasteiger partial charge on any atom is -0.477 e. The number of carboxylic acids is 1. The Bertz CT molecular complexity index is 410. The number of carboxylic acid groups (broad SMARTS) is 1. The molecule has 74 valence electrons. The molecule has 0 bridgehead atoms. The highest BCUT2D eigenvalue weighted by atomic mass is 32.1. The minimum absolute atomic E-state index is 0.0515. The Kier molecular flexibility index (Phi) is 2.03. The number of ketones is 1. The van der Waals surface area contributed by atoms with Crippen LogP contribution in [0.4, 0.5) is 5.69 Å². The van der Waals surface area contributed by atoms with Crippen molar-refractivity contribution in [1.82, 2.24) is 0 Å². The Hall–Kier alpha value is -1.36. The number of rotatable bonds is 1. The van der Waals surface area contributed by atoms with Crippen LogP contribution in [0.3, 0.4) is 0 Å². The van der Waals surface area contributed by atoms with Crippen molar-refractivity contribution in [3.8, 4) is 0 Å². The summed E-state index contributed by atoms with van der Waals surface area (Å²) in [6, 6.07) is 1.57. The highest BCUT2D eigenvalue weighted by Crippen LogP contribution is 2.33. The smallest absolute Gasteiger partial charge is 0.345 e. The second kappa shape index (κ2) is 3.09. The minimum atomic E-state index is -0.967.